The Kier molecular flexibility index (Phi) is 5.05. The number of halogens is 4. The van der Waals surface area contributed by atoms with E-state index in [-0.39, 0.29) is 17.3 Å². The molecule has 160 valence electrons. The fraction of sp³-hybridized carbons (Fsp3) is 0.158. The predicted molar refractivity (Wildman–Crippen MR) is 101 cm³/mol. The molecule has 1 N–H and O–H groups in total. The first-order valence-electron chi connectivity index (χ1n) is 8.85. The minimum atomic E-state index is -4.61. The Labute approximate surface area is 172 Å². The third-order valence-electron chi connectivity index (χ3n) is 4.31. The van der Waals surface area contributed by atoms with Crippen molar-refractivity contribution in [3.05, 3.63) is 60.4 Å². The molecule has 0 unspecified atom stereocenters. The highest BCUT2D eigenvalue weighted by atomic mass is 19.4. The van der Waals surface area contributed by atoms with Crippen molar-refractivity contribution in [3.8, 4) is 17.1 Å². The van der Waals surface area contributed by atoms with Crippen molar-refractivity contribution in [2.24, 2.45) is 7.05 Å². The number of carbonyl (C=O) groups is 1. The number of nitrogens with zero attached hydrogens (tertiary/aromatic N) is 5. The highest BCUT2D eigenvalue weighted by Crippen LogP contribution is 2.30. The van der Waals surface area contributed by atoms with E-state index in [9.17, 15) is 22.4 Å². The average molecular weight is 434 g/mol. The molecule has 0 aliphatic carbocycles. The summed E-state index contributed by atoms with van der Waals surface area (Å²) in [6, 6.07) is 8.85. The molecule has 0 saturated heterocycles. The summed E-state index contributed by atoms with van der Waals surface area (Å²) in [6.45, 7) is -0.598. The van der Waals surface area contributed by atoms with Crippen molar-refractivity contribution in [2.45, 2.75) is 6.18 Å². The Bertz CT molecular complexity index is 1260. The monoisotopic (exact) mass is 434 g/mol. The van der Waals surface area contributed by atoms with Crippen LogP contribution >= 0.6 is 0 Å². The largest absolute Gasteiger partial charge is 0.467 e. The number of amides is 1. The summed E-state index contributed by atoms with van der Waals surface area (Å²) in [5.74, 6) is -2.06. The van der Waals surface area contributed by atoms with Gasteiger partial charge in [-0.2, -0.15) is 27.6 Å². The molecule has 0 aliphatic heterocycles. The smallest absolute Gasteiger partial charge is 0.433 e. The number of ether oxygens (including phenoxy) is 1. The lowest BCUT2D eigenvalue weighted by atomic mass is 10.2. The fourth-order valence-electron chi connectivity index (χ4n) is 2.93. The van der Waals surface area contributed by atoms with Gasteiger partial charge >= 0.3 is 6.18 Å². The molecule has 8 nitrogen and oxygen atoms in total. The molecule has 0 spiro atoms. The van der Waals surface area contributed by atoms with Crippen LogP contribution in [0.5, 0.6) is 5.88 Å². The van der Waals surface area contributed by atoms with Crippen LogP contribution in [-0.4, -0.2) is 36.7 Å². The van der Waals surface area contributed by atoms with Gasteiger partial charge in [0.25, 0.3) is 5.91 Å². The number of nitrogens with one attached hydrogen (secondary N) is 1. The number of anilines is 1. The average Bonchev–Trinajstić information content (AvgIpc) is 3.30. The molecular weight excluding hydrogens is 420 g/mol. The molecule has 4 aromatic rings. The summed E-state index contributed by atoms with van der Waals surface area (Å²) >= 11 is 0. The van der Waals surface area contributed by atoms with Crippen LogP contribution in [0.25, 0.3) is 16.9 Å². The normalized spacial score (nSPS) is 11.6. The highest BCUT2D eigenvalue weighted by molar-refractivity contribution is 5.91. The number of hydrogen-bond acceptors (Lipinski definition) is 5. The summed E-state index contributed by atoms with van der Waals surface area (Å²) in [7, 11) is 1.10. The van der Waals surface area contributed by atoms with Gasteiger partial charge in [0.1, 0.15) is 11.3 Å². The van der Waals surface area contributed by atoms with Gasteiger partial charge in [-0.05, 0) is 18.2 Å². The number of hydrogen-bond donors (Lipinski definition) is 1. The van der Waals surface area contributed by atoms with E-state index in [2.05, 4.69) is 20.4 Å². The maximum absolute atomic E-state index is 14.5. The maximum Gasteiger partial charge on any atom is 0.433 e. The Morgan fingerprint density at radius 3 is 2.74 bits per heavy atom. The van der Waals surface area contributed by atoms with Gasteiger partial charge in [0.05, 0.1) is 17.5 Å². The van der Waals surface area contributed by atoms with Gasteiger partial charge in [-0.25, -0.2) is 4.98 Å². The zero-order valence-corrected chi connectivity index (χ0v) is 15.9. The highest BCUT2D eigenvalue weighted by Gasteiger charge is 2.35. The van der Waals surface area contributed by atoms with Crippen LogP contribution in [0.3, 0.4) is 0 Å². The van der Waals surface area contributed by atoms with Crippen molar-refractivity contribution < 1.29 is 27.1 Å². The number of pyridine rings is 2. The third kappa shape index (κ3) is 4.17. The molecule has 12 heteroatoms. The van der Waals surface area contributed by atoms with Crippen molar-refractivity contribution in [3.63, 3.8) is 0 Å². The molecule has 0 radical (unpaired) electrons. The minimum absolute atomic E-state index is 0.165. The Morgan fingerprint density at radius 1 is 1.23 bits per heavy atom. The number of alkyl halides is 3. The summed E-state index contributed by atoms with van der Waals surface area (Å²) in [5, 5.41) is 5.76. The van der Waals surface area contributed by atoms with Gasteiger partial charge < -0.3 is 10.1 Å². The van der Waals surface area contributed by atoms with E-state index in [0.29, 0.717) is 22.1 Å². The summed E-state index contributed by atoms with van der Waals surface area (Å²) < 4.78 is 60.3. The van der Waals surface area contributed by atoms with Gasteiger partial charge in [0.15, 0.2) is 12.4 Å². The summed E-state index contributed by atoms with van der Waals surface area (Å²) in [5.41, 5.74) is 0.289. The van der Waals surface area contributed by atoms with Gasteiger partial charge in [-0.1, -0.05) is 6.07 Å². The van der Waals surface area contributed by atoms with Crippen LogP contribution in [0.15, 0.2) is 48.8 Å². The van der Waals surface area contributed by atoms with Crippen LogP contribution in [0, 0.1) is 5.95 Å². The second-order valence-electron chi connectivity index (χ2n) is 6.43. The van der Waals surface area contributed by atoms with Crippen LogP contribution < -0.4 is 10.1 Å². The Balaban J connectivity index is 1.42. The molecule has 0 atom stereocenters. The van der Waals surface area contributed by atoms with Crippen LogP contribution in [0.2, 0.25) is 0 Å². The lowest BCUT2D eigenvalue weighted by Gasteiger charge is -2.07. The van der Waals surface area contributed by atoms with E-state index < -0.39 is 30.3 Å². The van der Waals surface area contributed by atoms with Crippen LogP contribution in [-0.2, 0) is 18.0 Å². The molecule has 4 aromatic heterocycles. The van der Waals surface area contributed by atoms with Crippen molar-refractivity contribution in [1.82, 2.24) is 24.1 Å². The van der Waals surface area contributed by atoms with Gasteiger partial charge in [-0.3, -0.25) is 13.9 Å². The number of aromatic nitrogens is 5. The SMILES string of the molecule is Cn1nc(NC(=O)COc2ccc(-c3cnc4ccccn34)c(F)n2)cc1C(F)(F)F. The summed E-state index contributed by atoms with van der Waals surface area (Å²) in [6.07, 6.45) is -1.37. The van der Waals surface area contributed by atoms with Gasteiger partial charge in [0, 0.05) is 25.4 Å². The van der Waals surface area contributed by atoms with E-state index in [1.165, 1.54) is 18.3 Å². The molecule has 0 saturated carbocycles. The molecule has 0 aliphatic rings. The van der Waals surface area contributed by atoms with E-state index in [1.54, 1.807) is 28.8 Å². The molecule has 0 bridgehead atoms. The number of fused-ring (bicyclic) bond motifs is 1. The topological polar surface area (TPSA) is 86.3 Å². The zero-order chi connectivity index (χ0) is 22.2. The molecule has 4 rings (SSSR count). The number of rotatable bonds is 5. The molecule has 0 fully saturated rings. The molecule has 0 aromatic carbocycles. The first-order valence-corrected chi connectivity index (χ1v) is 8.85. The first kappa shape index (κ1) is 20.3. The van der Waals surface area contributed by atoms with E-state index in [4.69, 9.17) is 4.74 Å². The van der Waals surface area contributed by atoms with Crippen molar-refractivity contribution in [1.29, 1.82) is 0 Å². The van der Waals surface area contributed by atoms with E-state index >= 15 is 0 Å². The fourth-order valence-corrected chi connectivity index (χ4v) is 2.93. The van der Waals surface area contributed by atoms with Crippen molar-refractivity contribution in [2.75, 3.05) is 11.9 Å². The Morgan fingerprint density at radius 2 is 2.03 bits per heavy atom. The number of imidazole rings is 1. The lowest BCUT2D eigenvalue weighted by Crippen LogP contribution is -2.21. The molecule has 31 heavy (non-hydrogen) atoms. The molecular formula is C19H14F4N6O2. The van der Waals surface area contributed by atoms with E-state index in [1.807, 2.05) is 0 Å². The molecule has 4 heterocycles. The number of aryl methyl sites for hydroxylation is 1. The first-order chi connectivity index (χ1) is 14.7. The van der Waals surface area contributed by atoms with Crippen molar-refractivity contribution >= 4 is 17.4 Å². The lowest BCUT2D eigenvalue weighted by molar-refractivity contribution is -0.143. The zero-order valence-electron chi connectivity index (χ0n) is 15.9. The van der Waals surface area contributed by atoms with Crippen LogP contribution in [0.1, 0.15) is 5.69 Å². The standard InChI is InChI=1S/C19H14F4N6O2/c1-28-13(19(21,22)23)8-14(27-28)25-16(30)10-31-17-6-5-11(18(20)26-17)12-9-24-15-4-2-3-7-29(12)15/h2-9H,10H2,1H3,(H,25,27,30). The second-order valence-corrected chi connectivity index (χ2v) is 6.43. The predicted octanol–water partition coefficient (Wildman–Crippen LogP) is 3.31. The van der Waals surface area contributed by atoms with E-state index in [0.717, 1.165) is 7.05 Å². The van der Waals surface area contributed by atoms with Gasteiger partial charge in [0.2, 0.25) is 11.8 Å². The quantitative estimate of drug-likeness (QED) is 0.385. The minimum Gasteiger partial charge on any atom is -0.467 e. The number of carbonyl (C=O) groups excluding carboxylic acids is 1. The molecule has 1 amide bonds. The summed E-state index contributed by atoms with van der Waals surface area (Å²) in [4.78, 5) is 19.8. The second kappa shape index (κ2) is 7.70. The van der Waals surface area contributed by atoms with Gasteiger partial charge in [-0.15, -0.1) is 0 Å². The Hall–Kier alpha value is -3.96. The maximum atomic E-state index is 14.5. The van der Waals surface area contributed by atoms with Crippen LogP contribution in [0.4, 0.5) is 23.4 Å². The third-order valence-corrected chi connectivity index (χ3v) is 4.31.